The van der Waals surface area contributed by atoms with E-state index < -0.39 is 0 Å². The Morgan fingerprint density at radius 1 is 1.28 bits per heavy atom. The number of para-hydroxylation sites is 1. The van der Waals surface area contributed by atoms with Crippen LogP contribution in [0.1, 0.15) is 25.8 Å². The summed E-state index contributed by atoms with van der Waals surface area (Å²) < 4.78 is 0. The van der Waals surface area contributed by atoms with Crippen LogP contribution in [0.4, 0.5) is 5.69 Å². The molecule has 1 aliphatic carbocycles. The minimum absolute atomic E-state index is 0.0469. The number of hydrogen-bond donors (Lipinski definition) is 0. The van der Waals surface area contributed by atoms with Crippen molar-refractivity contribution in [2.45, 2.75) is 32.7 Å². The highest BCUT2D eigenvalue weighted by Crippen LogP contribution is 2.35. The Balaban J connectivity index is 1.72. The smallest absolute Gasteiger partial charge is 0.228 e. The molecule has 2 heterocycles. The first-order valence-corrected chi connectivity index (χ1v) is 8.90. The number of aliphatic imine (C=N–C) groups is 1. The molecule has 2 unspecified atom stereocenters. The average molecular weight is 330 g/mol. The van der Waals surface area contributed by atoms with E-state index in [1.165, 1.54) is 11.1 Å². The fraction of sp³-hybridized carbons (Fsp3) is 0.273. The molecule has 1 amide bonds. The van der Waals surface area contributed by atoms with Gasteiger partial charge in [-0.15, -0.1) is 0 Å². The van der Waals surface area contributed by atoms with Crippen LogP contribution >= 0.6 is 0 Å². The summed E-state index contributed by atoms with van der Waals surface area (Å²) in [6.07, 6.45) is 14.6. The summed E-state index contributed by atoms with van der Waals surface area (Å²) in [5, 5.41) is 0. The molecule has 1 aromatic rings. The largest absolute Gasteiger partial charge is 0.284 e. The van der Waals surface area contributed by atoms with Gasteiger partial charge < -0.3 is 0 Å². The van der Waals surface area contributed by atoms with Crippen molar-refractivity contribution in [1.82, 2.24) is 0 Å². The molecule has 1 aromatic carbocycles. The second-order valence-electron chi connectivity index (χ2n) is 6.71. The van der Waals surface area contributed by atoms with E-state index >= 15 is 0 Å². The van der Waals surface area contributed by atoms with E-state index in [-0.39, 0.29) is 11.9 Å². The van der Waals surface area contributed by atoms with Crippen LogP contribution in [-0.4, -0.2) is 17.7 Å². The summed E-state index contributed by atoms with van der Waals surface area (Å²) in [4.78, 5) is 18.9. The van der Waals surface area contributed by atoms with Crippen LogP contribution in [0.15, 0.2) is 77.0 Å². The van der Waals surface area contributed by atoms with E-state index in [2.05, 4.69) is 49.4 Å². The highest BCUT2D eigenvalue weighted by atomic mass is 16.2. The third-order valence-electron chi connectivity index (χ3n) is 5.09. The Morgan fingerprint density at radius 2 is 2.08 bits per heavy atom. The van der Waals surface area contributed by atoms with Gasteiger partial charge in [0.15, 0.2) is 0 Å². The molecule has 0 N–H and O–H groups in total. The van der Waals surface area contributed by atoms with E-state index in [0.717, 1.165) is 29.9 Å². The maximum Gasteiger partial charge on any atom is 0.228 e. The van der Waals surface area contributed by atoms with Gasteiger partial charge in [0.05, 0.1) is 17.4 Å². The topological polar surface area (TPSA) is 32.7 Å². The molecule has 0 radical (unpaired) electrons. The maximum atomic E-state index is 12.2. The number of nitrogens with zero attached hydrogens (tertiary/aromatic N) is 2. The van der Waals surface area contributed by atoms with Crippen LogP contribution in [0, 0.1) is 5.92 Å². The molecule has 0 saturated carbocycles. The van der Waals surface area contributed by atoms with Gasteiger partial charge in [-0.3, -0.25) is 14.7 Å². The first-order chi connectivity index (χ1) is 12.2. The third kappa shape index (κ3) is 2.80. The molecule has 3 aliphatic rings. The minimum atomic E-state index is 0.0469. The van der Waals surface area contributed by atoms with Gasteiger partial charge in [-0.25, -0.2) is 0 Å². The van der Waals surface area contributed by atoms with E-state index in [1.54, 1.807) is 6.92 Å². The highest BCUT2D eigenvalue weighted by molar-refractivity contribution is 6.08. The normalized spacial score (nSPS) is 25.5. The van der Waals surface area contributed by atoms with Gasteiger partial charge in [-0.2, -0.15) is 0 Å². The van der Waals surface area contributed by atoms with Crippen molar-refractivity contribution in [2.24, 2.45) is 10.9 Å². The Bertz CT molecular complexity index is 870. The van der Waals surface area contributed by atoms with Gasteiger partial charge in [0.25, 0.3) is 0 Å². The number of carbonyl (C=O) groups is 1. The molecule has 0 bridgehead atoms. The van der Waals surface area contributed by atoms with Crippen LogP contribution in [0.25, 0.3) is 0 Å². The Morgan fingerprint density at radius 3 is 2.88 bits per heavy atom. The van der Waals surface area contributed by atoms with Crippen LogP contribution in [0.5, 0.6) is 0 Å². The monoisotopic (exact) mass is 330 g/mol. The zero-order chi connectivity index (χ0) is 17.4. The van der Waals surface area contributed by atoms with Gasteiger partial charge in [0.1, 0.15) is 0 Å². The summed E-state index contributed by atoms with van der Waals surface area (Å²) in [6, 6.07) is 8.28. The van der Waals surface area contributed by atoms with E-state index in [0.29, 0.717) is 5.92 Å². The van der Waals surface area contributed by atoms with Crippen molar-refractivity contribution in [2.75, 3.05) is 4.90 Å². The van der Waals surface area contributed by atoms with Gasteiger partial charge in [0, 0.05) is 25.0 Å². The molecule has 25 heavy (non-hydrogen) atoms. The first kappa shape index (κ1) is 15.8. The Labute approximate surface area is 148 Å². The summed E-state index contributed by atoms with van der Waals surface area (Å²) >= 11 is 0. The molecular formula is C22H22N2O. The maximum absolute atomic E-state index is 12.2. The first-order valence-electron chi connectivity index (χ1n) is 8.90. The predicted octanol–water partition coefficient (Wildman–Crippen LogP) is 4.38. The third-order valence-corrected chi connectivity index (χ3v) is 5.09. The minimum Gasteiger partial charge on any atom is -0.284 e. The van der Waals surface area contributed by atoms with E-state index in [4.69, 9.17) is 4.99 Å². The second-order valence-corrected chi connectivity index (χ2v) is 6.71. The number of anilines is 1. The van der Waals surface area contributed by atoms with Crippen molar-refractivity contribution < 1.29 is 4.79 Å². The van der Waals surface area contributed by atoms with Gasteiger partial charge in [-0.05, 0) is 30.2 Å². The van der Waals surface area contributed by atoms with Gasteiger partial charge in [-0.1, -0.05) is 55.0 Å². The fourth-order valence-electron chi connectivity index (χ4n) is 3.94. The van der Waals surface area contributed by atoms with E-state index in [9.17, 15) is 4.79 Å². The second kappa shape index (κ2) is 6.32. The quantitative estimate of drug-likeness (QED) is 0.792. The summed E-state index contributed by atoms with van der Waals surface area (Å²) in [5.41, 5.74) is 5.56. The highest BCUT2D eigenvalue weighted by Gasteiger charge is 2.29. The summed E-state index contributed by atoms with van der Waals surface area (Å²) in [7, 11) is 0. The van der Waals surface area contributed by atoms with Crippen molar-refractivity contribution in [3.63, 3.8) is 0 Å². The molecule has 3 heteroatoms. The van der Waals surface area contributed by atoms with Crippen molar-refractivity contribution in [3.8, 4) is 0 Å². The summed E-state index contributed by atoms with van der Waals surface area (Å²) in [5.74, 6) is 0.424. The molecule has 3 nitrogen and oxygen atoms in total. The molecule has 2 atom stereocenters. The lowest BCUT2D eigenvalue weighted by molar-refractivity contribution is -0.116. The van der Waals surface area contributed by atoms with Crippen LogP contribution in [-0.2, 0) is 11.2 Å². The zero-order valence-corrected chi connectivity index (χ0v) is 14.6. The van der Waals surface area contributed by atoms with E-state index in [1.807, 2.05) is 23.1 Å². The summed E-state index contributed by atoms with van der Waals surface area (Å²) in [6.45, 7) is 3.81. The number of benzene rings is 1. The molecule has 0 saturated heterocycles. The number of allylic oxidation sites excluding steroid dienone is 5. The molecule has 0 fully saturated rings. The molecule has 2 aliphatic heterocycles. The number of hydrogen-bond acceptors (Lipinski definition) is 2. The van der Waals surface area contributed by atoms with Crippen LogP contribution < -0.4 is 4.90 Å². The predicted molar refractivity (Wildman–Crippen MR) is 103 cm³/mol. The Hall–Kier alpha value is -2.68. The number of fused-ring (bicyclic) bond motifs is 2. The average Bonchev–Trinajstić information content (AvgIpc) is 2.98. The number of amides is 1. The van der Waals surface area contributed by atoms with Crippen molar-refractivity contribution >= 4 is 17.3 Å². The SMILES string of the molecule is CCC1=CC(/C=C2/Cc3ccccc3N2C(C)=O)=NC2C=CC=CC12. The van der Waals surface area contributed by atoms with Gasteiger partial charge in [0.2, 0.25) is 5.91 Å². The lowest BCUT2D eigenvalue weighted by atomic mass is 9.84. The fourth-order valence-corrected chi connectivity index (χ4v) is 3.94. The molecule has 0 spiro atoms. The molecule has 4 rings (SSSR count). The molecule has 0 aromatic heterocycles. The number of carbonyl (C=O) groups excluding carboxylic acids is 1. The lowest BCUT2D eigenvalue weighted by Crippen LogP contribution is -2.27. The number of rotatable bonds is 2. The Kier molecular flexibility index (Phi) is 4.00. The van der Waals surface area contributed by atoms with Crippen LogP contribution in [0.2, 0.25) is 0 Å². The van der Waals surface area contributed by atoms with Crippen LogP contribution in [0.3, 0.4) is 0 Å². The zero-order valence-electron chi connectivity index (χ0n) is 14.6. The standard InChI is InChI=1S/C22H22N2O/c1-3-16-12-18(23-21-10-6-5-9-20(16)21)14-19-13-17-8-4-7-11-22(17)24(19)15(2)25/h4-12,14,20-21H,3,13H2,1-2H3/b19-14-. The van der Waals surface area contributed by atoms with Gasteiger partial charge >= 0.3 is 0 Å². The number of dihydropyridines is 1. The van der Waals surface area contributed by atoms with Crippen molar-refractivity contribution in [3.05, 3.63) is 77.6 Å². The lowest BCUT2D eigenvalue weighted by Gasteiger charge is -2.28. The molecular weight excluding hydrogens is 308 g/mol. The molecule has 126 valence electrons. The van der Waals surface area contributed by atoms with Crippen molar-refractivity contribution in [1.29, 1.82) is 0 Å².